The molecule has 0 saturated carbocycles. The van der Waals surface area contributed by atoms with Crippen LogP contribution in [-0.4, -0.2) is 24.0 Å². The predicted octanol–water partition coefficient (Wildman–Crippen LogP) is 1.61. The Kier molecular flexibility index (Phi) is 6.88. The molecule has 1 rings (SSSR count). The normalized spacial score (nSPS) is 13.6. The molecule has 0 aliphatic rings. The summed E-state index contributed by atoms with van der Waals surface area (Å²) in [6.07, 6.45) is 0.581. The summed E-state index contributed by atoms with van der Waals surface area (Å²) < 4.78 is 5.16. The topological polar surface area (TPSA) is 81.4 Å². The molecule has 1 amide bonds. The van der Waals surface area contributed by atoms with Gasteiger partial charge in [-0.2, -0.15) is 0 Å². The van der Waals surface area contributed by atoms with Gasteiger partial charge in [0, 0.05) is 0 Å². The van der Waals surface area contributed by atoms with Crippen molar-refractivity contribution in [3.63, 3.8) is 0 Å². The molecule has 2 atom stereocenters. The zero-order chi connectivity index (χ0) is 15.8. The Morgan fingerprint density at radius 3 is 2.38 bits per heavy atom. The van der Waals surface area contributed by atoms with E-state index in [1.165, 1.54) is 0 Å². The quantitative estimate of drug-likeness (QED) is 0.748. The van der Waals surface area contributed by atoms with E-state index in [0.717, 1.165) is 5.56 Å². The number of esters is 1. The van der Waals surface area contributed by atoms with E-state index in [-0.39, 0.29) is 12.5 Å². The lowest BCUT2D eigenvalue weighted by molar-refractivity contribution is -0.148. The van der Waals surface area contributed by atoms with Crippen LogP contribution in [-0.2, 0) is 20.9 Å². The summed E-state index contributed by atoms with van der Waals surface area (Å²) in [5.74, 6) is -0.470. The van der Waals surface area contributed by atoms with Crippen LogP contribution in [0, 0.1) is 5.92 Å². The van der Waals surface area contributed by atoms with Gasteiger partial charge in [0.1, 0.15) is 12.6 Å². The van der Waals surface area contributed by atoms with Crippen LogP contribution in [0.15, 0.2) is 30.3 Å². The van der Waals surface area contributed by atoms with Crippen LogP contribution in [0.25, 0.3) is 0 Å². The highest BCUT2D eigenvalue weighted by molar-refractivity contribution is 5.87. The summed E-state index contributed by atoms with van der Waals surface area (Å²) >= 11 is 0. The number of ether oxygens (including phenoxy) is 1. The largest absolute Gasteiger partial charge is 0.459 e. The SMILES string of the molecule is CC(C)C[C@H](N)C(=O)N[C@@H](C)C(=O)OCc1ccccc1. The van der Waals surface area contributed by atoms with Crippen LogP contribution in [0.5, 0.6) is 0 Å². The first-order valence-corrected chi connectivity index (χ1v) is 7.16. The van der Waals surface area contributed by atoms with Gasteiger partial charge < -0.3 is 15.8 Å². The second-order valence-electron chi connectivity index (χ2n) is 5.56. The van der Waals surface area contributed by atoms with Crippen molar-refractivity contribution in [1.82, 2.24) is 5.32 Å². The lowest BCUT2D eigenvalue weighted by Crippen LogP contribution is -2.48. The molecular formula is C16H24N2O3. The van der Waals surface area contributed by atoms with E-state index in [0.29, 0.717) is 12.3 Å². The van der Waals surface area contributed by atoms with Gasteiger partial charge in [0.2, 0.25) is 5.91 Å². The Bertz CT molecular complexity index is 460. The van der Waals surface area contributed by atoms with Crippen molar-refractivity contribution in [2.45, 2.75) is 45.9 Å². The molecule has 0 bridgehead atoms. The number of nitrogens with one attached hydrogen (secondary N) is 1. The number of rotatable bonds is 7. The monoisotopic (exact) mass is 292 g/mol. The first-order chi connectivity index (χ1) is 9.90. The van der Waals surface area contributed by atoms with Gasteiger partial charge >= 0.3 is 5.97 Å². The van der Waals surface area contributed by atoms with Gasteiger partial charge in [-0.15, -0.1) is 0 Å². The Labute approximate surface area is 125 Å². The van der Waals surface area contributed by atoms with Crippen LogP contribution < -0.4 is 11.1 Å². The molecule has 116 valence electrons. The third kappa shape index (κ3) is 6.40. The maximum absolute atomic E-state index is 11.8. The van der Waals surface area contributed by atoms with E-state index in [2.05, 4.69) is 5.32 Å². The molecule has 0 fully saturated rings. The number of carbonyl (C=O) groups excluding carboxylic acids is 2. The molecule has 0 saturated heterocycles. The summed E-state index contributed by atoms with van der Waals surface area (Å²) in [4.78, 5) is 23.6. The number of benzene rings is 1. The third-order valence-electron chi connectivity index (χ3n) is 3.00. The molecule has 5 heteroatoms. The van der Waals surface area contributed by atoms with Crippen molar-refractivity contribution in [1.29, 1.82) is 0 Å². The Hall–Kier alpha value is -1.88. The molecular weight excluding hydrogens is 268 g/mol. The maximum atomic E-state index is 11.8. The van der Waals surface area contributed by atoms with Crippen molar-refractivity contribution >= 4 is 11.9 Å². The number of hydrogen-bond acceptors (Lipinski definition) is 4. The molecule has 0 unspecified atom stereocenters. The minimum Gasteiger partial charge on any atom is -0.459 e. The zero-order valence-electron chi connectivity index (χ0n) is 12.8. The molecule has 1 aromatic carbocycles. The highest BCUT2D eigenvalue weighted by Crippen LogP contribution is 2.04. The molecule has 0 aromatic heterocycles. The average Bonchev–Trinajstić information content (AvgIpc) is 2.44. The predicted molar refractivity (Wildman–Crippen MR) is 81.3 cm³/mol. The fourth-order valence-corrected chi connectivity index (χ4v) is 1.85. The molecule has 0 aliphatic heterocycles. The van der Waals surface area contributed by atoms with E-state index in [9.17, 15) is 9.59 Å². The van der Waals surface area contributed by atoms with Gasteiger partial charge in [-0.1, -0.05) is 44.2 Å². The van der Waals surface area contributed by atoms with E-state index in [1.807, 2.05) is 44.2 Å². The number of nitrogens with two attached hydrogens (primary N) is 1. The van der Waals surface area contributed by atoms with Crippen molar-refractivity contribution in [2.75, 3.05) is 0 Å². The van der Waals surface area contributed by atoms with Gasteiger partial charge in [0.15, 0.2) is 0 Å². The van der Waals surface area contributed by atoms with E-state index >= 15 is 0 Å². The van der Waals surface area contributed by atoms with Gasteiger partial charge in [0.25, 0.3) is 0 Å². The van der Waals surface area contributed by atoms with Crippen molar-refractivity contribution in [2.24, 2.45) is 11.7 Å². The lowest BCUT2D eigenvalue weighted by Gasteiger charge is -2.18. The number of amides is 1. The van der Waals surface area contributed by atoms with Crippen molar-refractivity contribution in [3.05, 3.63) is 35.9 Å². The fourth-order valence-electron chi connectivity index (χ4n) is 1.85. The Balaban J connectivity index is 2.38. The van der Waals surface area contributed by atoms with Crippen molar-refractivity contribution in [3.8, 4) is 0 Å². The van der Waals surface area contributed by atoms with Crippen LogP contribution in [0.2, 0.25) is 0 Å². The third-order valence-corrected chi connectivity index (χ3v) is 3.00. The molecule has 0 spiro atoms. The Morgan fingerprint density at radius 2 is 1.81 bits per heavy atom. The first kappa shape index (κ1) is 17.2. The first-order valence-electron chi connectivity index (χ1n) is 7.16. The summed E-state index contributed by atoms with van der Waals surface area (Å²) in [5, 5.41) is 2.58. The van der Waals surface area contributed by atoms with Gasteiger partial charge in [-0.05, 0) is 24.8 Å². The van der Waals surface area contributed by atoms with Gasteiger partial charge in [0.05, 0.1) is 6.04 Å². The molecule has 0 radical (unpaired) electrons. The molecule has 3 N–H and O–H groups in total. The highest BCUT2D eigenvalue weighted by atomic mass is 16.5. The van der Waals surface area contributed by atoms with E-state index in [1.54, 1.807) is 6.92 Å². The van der Waals surface area contributed by atoms with Gasteiger partial charge in [-0.3, -0.25) is 4.79 Å². The number of carbonyl (C=O) groups is 2. The second-order valence-corrected chi connectivity index (χ2v) is 5.56. The second kappa shape index (κ2) is 8.42. The van der Waals surface area contributed by atoms with Crippen LogP contribution in [0.1, 0.15) is 32.8 Å². The minimum absolute atomic E-state index is 0.192. The van der Waals surface area contributed by atoms with Gasteiger partial charge in [-0.25, -0.2) is 4.79 Å². The fraction of sp³-hybridized carbons (Fsp3) is 0.500. The summed E-state index contributed by atoms with van der Waals surface area (Å²) in [7, 11) is 0. The van der Waals surface area contributed by atoms with Crippen LogP contribution in [0.3, 0.4) is 0 Å². The summed E-state index contributed by atoms with van der Waals surface area (Å²) in [5.41, 5.74) is 6.67. The smallest absolute Gasteiger partial charge is 0.328 e. The highest BCUT2D eigenvalue weighted by Gasteiger charge is 2.21. The standard InChI is InChI=1S/C16H24N2O3/c1-11(2)9-14(17)15(19)18-12(3)16(20)21-10-13-7-5-4-6-8-13/h4-8,11-12,14H,9-10,17H2,1-3H3,(H,18,19)/t12-,14-/m0/s1. The summed E-state index contributed by atoms with van der Waals surface area (Å²) in [6, 6.07) is 8.07. The zero-order valence-corrected chi connectivity index (χ0v) is 12.8. The molecule has 0 heterocycles. The van der Waals surface area contributed by atoms with E-state index < -0.39 is 18.1 Å². The van der Waals surface area contributed by atoms with Crippen molar-refractivity contribution < 1.29 is 14.3 Å². The molecule has 1 aromatic rings. The average molecular weight is 292 g/mol. The Morgan fingerprint density at radius 1 is 1.19 bits per heavy atom. The molecule has 5 nitrogen and oxygen atoms in total. The molecule has 21 heavy (non-hydrogen) atoms. The van der Waals surface area contributed by atoms with Crippen LogP contribution >= 0.6 is 0 Å². The lowest BCUT2D eigenvalue weighted by atomic mass is 10.0. The summed E-state index contributed by atoms with van der Waals surface area (Å²) in [6.45, 7) is 5.76. The molecule has 0 aliphatic carbocycles. The van der Waals surface area contributed by atoms with E-state index in [4.69, 9.17) is 10.5 Å². The maximum Gasteiger partial charge on any atom is 0.328 e. The minimum atomic E-state index is -0.709. The number of hydrogen-bond donors (Lipinski definition) is 2. The van der Waals surface area contributed by atoms with Crippen LogP contribution in [0.4, 0.5) is 0 Å².